The normalized spacial score (nSPS) is 19.8. The Morgan fingerprint density at radius 1 is 1.53 bits per heavy atom. The molecule has 1 unspecified atom stereocenters. The van der Waals surface area contributed by atoms with E-state index < -0.39 is 5.97 Å². The van der Waals surface area contributed by atoms with Crippen LogP contribution >= 0.6 is 0 Å². The van der Waals surface area contributed by atoms with Crippen LogP contribution in [0.5, 0.6) is 0 Å². The number of aromatic nitrogens is 1. The van der Waals surface area contributed by atoms with E-state index in [-0.39, 0.29) is 12.3 Å². The molecule has 19 heavy (non-hydrogen) atoms. The van der Waals surface area contributed by atoms with E-state index in [4.69, 9.17) is 9.52 Å². The maximum atomic E-state index is 10.8. The van der Waals surface area contributed by atoms with Crippen molar-refractivity contribution in [1.29, 1.82) is 0 Å². The summed E-state index contributed by atoms with van der Waals surface area (Å²) >= 11 is 0. The highest BCUT2D eigenvalue weighted by molar-refractivity contribution is 5.88. The van der Waals surface area contributed by atoms with Gasteiger partial charge in [-0.25, -0.2) is 4.98 Å². The number of furan rings is 1. The second kappa shape index (κ2) is 4.91. The van der Waals surface area contributed by atoms with E-state index in [9.17, 15) is 4.79 Å². The molecular weight excluding hydrogens is 244 g/mol. The van der Waals surface area contributed by atoms with E-state index in [0.717, 1.165) is 42.7 Å². The molecule has 0 spiro atoms. The highest BCUT2D eigenvalue weighted by Gasteiger charge is 2.24. The van der Waals surface area contributed by atoms with Gasteiger partial charge in [-0.15, -0.1) is 0 Å². The van der Waals surface area contributed by atoms with Gasteiger partial charge >= 0.3 is 5.97 Å². The number of hydrogen-bond donors (Lipinski definition) is 1. The molecule has 0 bridgehead atoms. The molecule has 2 aromatic rings. The van der Waals surface area contributed by atoms with Crippen LogP contribution in [0.15, 0.2) is 29.0 Å². The quantitative estimate of drug-likeness (QED) is 0.918. The van der Waals surface area contributed by atoms with Crippen molar-refractivity contribution >= 4 is 22.8 Å². The maximum Gasteiger partial charge on any atom is 0.303 e. The second-order valence-electron chi connectivity index (χ2n) is 5.02. The number of carboxylic acids is 1. The molecule has 0 aliphatic carbocycles. The van der Waals surface area contributed by atoms with Crippen molar-refractivity contribution in [3.05, 3.63) is 24.6 Å². The molecule has 0 saturated carbocycles. The number of piperidine rings is 1. The van der Waals surface area contributed by atoms with Gasteiger partial charge in [-0.05, 0) is 30.9 Å². The van der Waals surface area contributed by atoms with Crippen molar-refractivity contribution in [1.82, 2.24) is 4.98 Å². The lowest BCUT2D eigenvalue weighted by atomic mass is 9.95. The number of hydrogen-bond acceptors (Lipinski definition) is 4. The van der Waals surface area contributed by atoms with Crippen LogP contribution in [0.4, 0.5) is 5.82 Å². The molecule has 1 atom stereocenters. The van der Waals surface area contributed by atoms with Gasteiger partial charge in [0.25, 0.3) is 0 Å². The SMILES string of the molecule is O=C(O)CC1CCCN(c2nccc3occc23)C1. The molecule has 0 aromatic carbocycles. The molecule has 0 amide bonds. The van der Waals surface area contributed by atoms with Gasteiger partial charge in [-0.1, -0.05) is 0 Å². The van der Waals surface area contributed by atoms with E-state index in [0.29, 0.717) is 0 Å². The van der Waals surface area contributed by atoms with Gasteiger partial charge in [0.15, 0.2) is 0 Å². The van der Waals surface area contributed by atoms with E-state index in [1.807, 2.05) is 12.1 Å². The Bertz CT molecular complexity index is 593. The highest BCUT2D eigenvalue weighted by atomic mass is 16.4. The number of fused-ring (bicyclic) bond motifs is 1. The Morgan fingerprint density at radius 2 is 2.42 bits per heavy atom. The molecule has 1 aliphatic heterocycles. The van der Waals surface area contributed by atoms with Gasteiger partial charge < -0.3 is 14.4 Å². The van der Waals surface area contributed by atoms with Gasteiger partial charge in [-0.3, -0.25) is 4.79 Å². The molecular formula is C14H16N2O3. The van der Waals surface area contributed by atoms with Crippen molar-refractivity contribution in [2.45, 2.75) is 19.3 Å². The Kier molecular flexibility index (Phi) is 3.11. The Balaban J connectivity index is 1.85. The van der Waals surface area contributed by atoms with E-state index in [1.54, 1.807) is 12.5 Å². The number of rotatable bonds is 3. The number of anilines is 1. The molecule has 1 aliphatic rings. The first-order valence-electron chi connectivity index (χ1n) is 6.53. The van der Waals surface area contributed by atoms with Crippen molar-refractivity contribution in [3.63, 3.8) is 0 Å². The minimum Gasteiger partial charge on any atom is -0.481 e. The fraction of sp³-hybridized carbons (Fsp3) is 0.429. The van der Waals surface area contributed by atoms with E-state index in [2.05, 4.69) is 9.88 Å². The zero-order chi connectivity index (χ0) is 13.2. The zero-order valence-electron chi connectivity index (χ0n) is 10.6. The third-order valence-corrected chi connectivity index (χ3v) is 3.64. The number of carbonyl (C=O) groups is 1. The summed E-state index contributed by atoms with van der Waals surface area (Å²) in [4.78, 5) is 17.4. The first-order chi connectivity index (χ1) is 9.24. The molecule has 2 aromatic heterocycles. The lowest BCUT2D eigenvalue weighted by molar-refractivity contribution is -0.138. The fourth-order valence-electron chi connectivity index (χ4n) is 2.80. The highest BCUT2D eigenvalue weighted by Crippen LogP contribution is 2.29. The summed E-state index contributed by atoms with van der Waals surface area (Å²) in [5, 5.41) is 9.91. The van der Waals surface area contributed by atoms with E-state index in [1.165, 1.54) is 0 Å². The summed E-state index contributed by atoms with van der Waals surface area (Å²) < 4.78 is 5.38. The monoisotopic (exact) mass is 260 g/mol. The van der Waals surface area contributed by atoms with Gasteiger partial charge in [0.05, 0.1) is 11.6 Å². The Morgan fingerprint density at radius 3 is 3.26 bits per heavy atom. The smallest absolute Gasteiger partial charge is 0.303 e. The average molecular weight is 260 g/mol. The van der Waals surface area contributed by atoms with Crippen LogP contribution in [-0.2, 0) is 4.79 Å². The molecule has 1 fully saturated rings. The predicted octanol–water partition coefficient (Wildman–Crippen LogP) is 2.52. The molecule has 3 heterocycles. The molecule has 5 heteroatoms. The molecule has 1 saturated heterocycles. The largest absolute Gasteiger partial charge is 0.481 e. The average Bonchev–Trinajstić information content (AvgIpc) is 2.86. The minimum absolute atomic E-state index is 0.204. The van der Waals surface area contributed by atoms with Crippen LogP contribution in [0.2, 0.25) is 0 Å². The Hall–Kier alpha value is -2.04. The van der Waals surface area contributed by atoms with Crippen LogP contribution in [-0.4, -0.2) is 29.1 Å². The summed E-state index contributed by atoms with van der Waals surface area (Å²) in [6.45, 7) is 1.68. The van der Waals surface area contributed by atoms with Crippen molar-refractivity contribution in [3.8, 4) is 0 Å². The summed E-state index contributed by atoms with van der Waals surface area (Å²) in [6, 6.07) is 3.76. The first kappa shape index (κ1) is 12.0. The van der Waals surface area contributed by atoms with Crippen LogP contribution < -0.4 is 4.90 Å². The summed E-state index contributed by atoms with van der Waals surface area (Å²) in [5.41, 5.74) is 0.824. The zero-order valence-corrected chi connectivity index (χ0v) is 10.6. The lowest BCUT2D eigenvalue weighted by Gasteiger charge is -2.33. The fourth-order valence-corrected chi connectivity index (χ4v) is 2.80. The van der Waals surface area contributed by atoms with Crippen LogP contribution in [0.1, 0.15) is 19.3 Å². The van der Waals surface area contributed by atoms with Gasteiger partial charge in [0, 0.05) is 25.7 Å². The first-order valence-corrected chi connectivity index (χ1v) is 6.53. The topological polar surface area (TPSA) is 66.6 Å². The number of carboxylic acid groups (broad SMARTS) is 1. The van der Waals surface area contributed by atoms with Crippen LogP contribution in [0, 0.1) is 5.92 Å². The molecule has 5 nitrogen and oxygen atoms in total. The van der Waals surface area contributed by atoms with Crippen molar-refractivity contribution < 1.29 is 14.3 Å². The van der Waals surface area contributed by atoms with Crippen LogP contribution in [0.3, 0.4) is 0 Å². The van der Waals surface area contributed by atoms with E-state index >= 15 is 0 Å². The number of pyridine rings is 1. The summed E-state index contributed by atoms with van der Waals surface area (Å²) in [7, 11) is 0. The van der Waals surface area contributed by atoms with Gasteiger partial charge in [0.2, 0.25) is 0 Å². The van der Waals surface area contributed by atoms with Crippen LogP contribution in [0.25, 0.3) is 11.0 Å². The predicted molar refractivity (Wildman–Crippen MR) is 71.2 cm³/mol. The maximum absolute atomic E-state index is 10.8. The molecule has 3 rings (SSSR count). The standard InChI is InChI=1S/C14H16N2O3/c17-13(18)8-10-2-1-6-16(9-10)14-11-4-7-19-12(11)3-5-15-14/h3-5,7,10H,1-2,6,8-9H2,(H,17,18). The second-order valence-corrected chi connectivity index (χ2v) is 5.02. The molecule has 100 valence electrons. The summed E-state index contributed by atoms with van der Waals surface area (Å²) in [6.07, 6.45) is 5.62. The third kappa shape index (κ3) is 2.41. The number of nitrogens with zero attached hydrogens (tertiary/aromatic N) is 2. The molecule has 1 N–H and O–H groups in total. The van der Waals surface area contributed by atoms with Gasteiger partial charge in [0.1, 0.15) is 11.4 Å². The molecule has 0 radical (unpaired) electrons. The van der Waals surface area contributed by atoms with Crippen molar-refractivity contribution in [2.75, 3.05) is 18.0 Å². The lowest BCUT2D eigenvalue weighted by Crippen LogP contribution is -2.36. The Labute approximate surface area is 110 Å². The number of aliphatic carboxylic acids is 1. The summed E-state index contributed by atoms with van der Waals surface area (Å²) in [5.74, 6) is 0.387. The van der Waals surface area contributed by atoms with Gasteiger partial charge in [-0.2, -0.15) is 0 Å². The minimum atomic E-state index is -0.721. The third-order valence-electron chi connectivity index (χ3n) is 3.64. The van der Waals surface area contributed by atoms with Crippen molar-refractivity contribution in [2.24, 2.45) is 5.92 Å².